The van der Waals surface area contributed by atoms with Gasteiger partial charge in [-0.05, 0) is 38.0 Å². The number of rotatable bonds is 8. The molecule has 0 spiro atoms. The Bertz CT molecular complexity index is 719. The summed E-state index contributed by atoms with van der Waals surface area (Å²) in [7, 11) is 0. The number of nitrogens with one attached hydrogen (secondary N) is 1. The molecule has 24 heavy (non-hydrogen) atoms. The zero-order chi connectivity index (χ0) is 17.5. The molecule has 2 heterocycles. The lowest BCUT2D eigenvalue weighted by molar-refractivity contribution is -0.384. The summed E-state index contributed by atoms with van der Waals surface area (Å²) in [5.74, 6) is 0.283. The van der Waals surface area contributed by atoms with Crippen LogP contribution in [0.25, 0.3) is 11.1 Å². The van der Waals surface area contributed by atoms with E-state index in [1.54, 1.807) is 12.3 Å². The van der Waals surface area contributed by atoms with Crippen molar-refractivity contribution in [2.75, 3.05) is 25.1 Å². The third kappa shape index (κ3) is 4.26. The van der Waals surface area contributed by atoms with Crippen molar-refractivity contribution in [3.63, 3.8) is 0 Å². The molecule has 128 valence electrons. The first-order chi connectivity index (χ1) is 11.6. The predicted octanol–water partition coefficient (Wildman–Crippen LogP) is 3.37. The van der Waals surface area contributed by atoms with Gasteiger partial charge in [0, 0.05) is 36.7 Å². The smallest absolute Gasteiger partial charge is 0.312 e. The largest absolute Gasteiger partial charge is 0.380 e. The van der Waals surface area contributed by atoms with Gasteiger partial charge in [0.1, 0.15) is 0 Å². The quantitative estimate of drug-likeness (QED) is 0.453. The molecule has 2 rings (SSSR count). The Balaban J connectivity index is 2.42. The van der Waals surface area contributed by atoms with Gasteiger partial charge in [-0.2, -0.15) is 0 Å². The van der Waals surface area contributed by atoms with Crippen molar-refractivity contribution in [2.24, 2.45) is 0 Å². The molecular formula is C17H22N4O3. The molecule has 0 unspecified atom stereocenters. The van der Waals surface area contributed by atoms with Gasteiger partial charge in [-0.15, -0.1) is 0 Å². The molecule has 0 aliphatic heterocycles. The van der Waals surface area contributed by atoms with Gasteiger partial charge in [-0.25, -0.2) is 4.98 Å². The number of aromatic nitrogens is 2. The van der Waals surface area contributed by atoms with E-state index in [9.17, 15) is 10.1 Å². The lowest BCUT2D eigenvalue weighted by atomic mass is 10.0. The van der Waals surface area contributed by atoms with Crippen LogP contribution in [-0.2, 0) is 11.2 Å². The number of nitrogens with zero attached hydrogens (tertiary/aromatic N) is 3. The highest BCUT2D eigenvalue weighted by atomic mass is 16.6. The minimum absolute atomic E-state index is 0.0341. The fourth-order valence-electron chi connectivity index (χ4n) is 2.43. The van der Waals surface area contributed by atoms with Crippen LogP contribution >= 0.6 is 0 Å². The fraction of sp³-hybridized carbons (Fsp3) is 0.412. The molecule has 0 aliphatic carbocycles. The lowest BCUT2D eigenvalue weighted by Gasteiger charge is -2.12. The van der Waals surface area contributed by atoms with Crippen LogP contribution in [0.2, 0.25) is 0 Å². The molecule has 0 fully saturated rings. The van der Waals surface area contributed by atoms with Crippen molar-refractivity contribution in [2.45, 2.75) is 27.2 Å². The third-order valence-electron chi connectivity index (χ3n) is 3.56. The van der Waals surface area contributed by atoms with Gasteiger partial charge in [0.05, 0.1) is 17.2 Å². The zero-order valence-electron chi connectivity index (χ0n) is 14.2. The van der Waals surface area contributed by atoms with Gasteiger partial charge >= 0.3 is 5.69 Å². The van der Waals surface area contributed by atoms with Crippen LogP contribution in [0, 0.1) is 17.0 Å². The molecule has 0 aromatic carbocycles. The monoisotopic (exact) mass is 330 g/mol. The molecule has 0 saturated carbocycles. The molecule has 1 N–H and O–H groups in total. The normalized spacial score (nSPS) is 10.6. The first kappa shape index (κ1) is 17.8. The maximum absolute atomic E-state index is 11.4. The molecule has 0 atom stereocenters. The standard InChI is InChI=1S/C17H22N4O3/c1-4-15-14(13-6-7-18-12(3)10-13)11-16(21(22)23)17(20-15)19-8-9-24-5-2/h6-7,10-11H,4-5,8-9H2,1-3H3,(H,19,20). The highest BCUT2D eigenvalue weighted by Gasteiger charge is 2.20. The Morgan fingerprint density at radius 3 is 2.75 bits per heavy atom. The summed E-state index contributed by atoms with van der Waals surface area (Å²) in [4.78, 5) is 19.7. The fourth-order valence-corrected chi connectivity index (χ4v) is 2.43. The van der Waals surface area contributed by atoms with E-state index in [0.717, 1.165) is 22.5 Å². The third-order valence-corrected chi connectivity index (χ3v) is 3.56. The Morgan fingerprint density at radius 1 is 1.33 bits per heavy atom. The maximum atomic E-state index is 11.4. The van der Waals surface area contributed by atoms with E-state index in [1.807, 2.05) is 32.9 Å². The molecule has 0 saturated heterocycles. The van der Waals surface area contributed by atoms with Gasteiger partial charge in [0.25, 0.3) is 0 Å². The summed E-state index contributed by atoms with van der Waals surface area (Å²) in [6.07, 6.45) is 2.37. The number of anilines is 1. The topological polar surface area (TPSA) is 90.2 Å². The van der Waals surface area contributed by atoms with Crippen molar-refractivity contribution in [1.29, 1.82) is 0 Å². The number of hydrogen-bond donors (Lipinski definition) is 1. The molecule has 0 bridgehead atoms. The SMILES string of the molecule is CCOCCNc1nc(CC)c(-c2ccnc(C)c2)cc1[N+](=O)[O-]. The number of hydrogen-bond acceptors (Lipinski definition) is 6. The molecule has 7 heteroatoms. The lowest BCUT2D eigenvalue weighted by Crippen LogP contribution is -2.13. The number of aryl methyl sites for hydroxylation is 2. The second kappa shape index (κ2) is 8.35. The van der Waals surface area contributed by atoms with E-state index in [4.69, 9.17) is 4.74 Å². The summed E-state index contributed by atoms with van der Waals surface area (Å²) in [5, 5.41) is 14.4. The van der Waals surface area contributed by atoms with E-state index < -0.39 is 4.92 Å². The summed E-state index contributed by atoms with van der Waals surface area (Å²) >= 11 is 0. The highest BCUT2D eigenvalue weighted by molar-refractivity contribution is 5.73. The van der Waals surface area contributed by atoms with Gasteiger partial charge in [0.15, 0.2) is 0 Å². The minimum Gasteiger partial charge on any atom is -0.380 e. The summed E-state index contributed by atoms with van der Waals surface area (Å²) in [5.41, 5.74) is 3.29. The first-order valence-electron chi connectivity index (χ1n) is 7.99. The van der Waals surface area contributed by atoms with Crippen LogP contribution in [0.4, 0.5) is 11.5 Å². The molecule has 2 aromatic rings. The van der Waals surface area contributed by atoms with Crippen molar-refractivity contribution in [3.05, 3.63) is 45.9 Å². The second-order valence-electron chi connectivity index (χ2n) is 5.27. The Labute approximate surface area is 141 Å². The molecule has 2 aromatic heterocycles. The molecule has 0 amide bonds. The molecular weight excluding hydrogens is 308 g/mol. The summed E-state index contributed by atoms with van der Waals surface area (Å²) in [6, 6.07) is 5.33. The zero-order valence-corrected chi connectivity index (χ0v) is 14.2. The van der Waals surface area contributed by atoms with E-state index in [2.05, 4.69) is 15.3 Å². The van der Waals surface area contributed by atoms with E-state index in [0.29, 0.717) is 26.2 Å². The number of pyridine rings is 2. The van der Waals surface area contributed by atoms with E-state index in [-0.39, 0.29) is 11.5 Å². The van der Waals surface area contributed by atoms with Crippen LogP contribution in [0.5, 0.6) is 0 Å². The summed E-state index contributed by atoms with van der Waals surface area (Å²) in [6.45, 7) is 7.33. The number of nitro groups is 1. The van der Waals surface area contributed by atoms with Crippen LogP contribution in [0.1, 0.15) is 25.2 Å². The molecule has 0 aliphatic rings. The van der Waals surface area contributed by atoms with Gasteiger partial charge in [0.2, 0.25) is 5.82 Å². The molecule has 0 radical (unpaired) electrons. The highest BCUT2D eigenvalue weighted by Crippen LogP contribution is 2.32. The maximum Gasteiger partial charge on any atom is 0.312 e. The average Bonchev–Trinajstić information content (AvgIpc) is 2.57. The van der Waals surface area contributed by atoms with Gasteiger partial charge in [-0.3, -0.25) is 15.1 Å². The van der Waals surface area contributed by atoms with Crippen molar-refractivity contribution >= 4 is 11.5 Å². The van der Waals surface area contributed by atoms with Crippen LogP contribution in [0.15, 0.2) is 24.4 Å². The predicted molar refractivity (Wildman–Crippen MR) is 93.2 cm³/mol. The van der Waals surface area contributed by atoms with Crippen molar-refractivity contribution in [1.82, 2.24) is 9.97 Å². The Kier molecular flexibility index (Phi) is 6.20. The Hall–Kier alpha value is -2.54. The Morgan fingerprint density at radius 2 is 2.12 bits per heavy atom. The van der Waals surface area contributed by atoms with Crippen LogP contribution < -0.4 is 5.32 Å². The van der Waals surface area contributed by atoms with Crippen molar-refractivity contribution < 1.29 is 9.66 Å². The van der Waals surface area contributed by atoms with E-state index >= 15 is 0 Å². The van der Waals surface area contributed by atoms with Gasteiger partial charge < -0.3 is 10.1 Å². The molecule has 7 nitrogen and oxygen atoms in total. The first-order valence-corrected chi connectivity index (χ1v) is 7.99. The van der Waals surface area contributed by atoms with E-state index in [1.165, 1.54) is 0 Å². The average molecular weight is 330 g/mol. The second-order valence-corrected chi connectivity index (χ2v) is 5.27. The van der Waals surface area contributed by atoms with Gasteiger partial charge in [-0.1, -0.05) is 6.92 Å². The number of ether oxygens (including phenoxy) is 1. The van der Waals surface area contributed by atoms with Crippen molar-refractivity contribution in [3.8, 4) is 11.1 Å². The minimum atomic E-state index is -0.410. The van der Waals surface area contributed by atoms with Crippen LogP contribution in [0.3, 0.4) is 0 Å². The van der Waals surface area contributed by atoms with Crippen LogP contribution in [-0.4, -0.2) is 34.6 Å². The summed E-state index contributed by atoms with van der Waals surface area (Å²) < 4.78 is 5.25.